The van der Waals surface area contributed by atoms with E-state index in [0.717, 1.165) is 19.4 Å². The normalized spacial score (nSPS) is 25.1. The maximum absolute atomic E-state index is 12.4. The highest BCUT2D eigenvalue weighted by atomic mass is 16.4. The SMILES string of the molecule is CCCC(NC(=O)C1(C(C)C)CCNC1)C(=O)O. The molecule has 5 nitrogen and oxygen atoms in total. The van der Waals surface area contributed by atoms with Gasteiger partial charge in [-0.2, -0.15) is 0 Å². The Morgan fingerprint density at radius 2 is 2.11 bits per heavy atom. The summed E-state index contributed by atoms with van der Waals surface area (Å²) in [5.74, 6) is -0.873. The van der Waals surface area contributed by atoms with Crippen LogP contribution in [-0.2, 0) is 9.59 Å². The zero-order valence-electron chi connectivity index (χ0n) is 11.5. The van der Waals surface area contributed by atoms with Crippen LogP contribution in [0.4, 0.5) is 0 Å². The van der Waals surface area contributed by atoms with Crippen molar-refractivity contribution < 1.29 is 14.7 Å². The predicted molar refractivity (Wildman–Crippen MR) is 69.2 cm³/mol. The van der Waals surface area contributed by atoms with E-state index in [1.165, 1.54) is 0 Å². The standard InChI is InChI=1S/C13H24N2O3/c1-4-5-10(11(16)17)15-12(18)13(9(2)3)6-7-14-8-13/h9-10,14H,4-8H2,1-3H3,(H,15,18)(H,16,17). The molecule has 2 atom stereocenters. The molecule has 1 aliphatic rings. The smallest absolute Gasteiger partial charge is 0.326 e. The molecule has 1 amide bonds. The van der Waals surface area contributed by atoms with E-state index in [0.29, 0.717) is 13.0 Å². The third-order valence-electron chi connectivity index (χ3n) is 3.93. The lowest BCUT2D eigenvalue weighted by Crippen LogP contribution is -2.51. The molecule has 0 aliphatic carbocycles. The molecular formula is C13H24N2O3. The van der Waals surface area contributed by atoms with E-state index in [2.05, 4.69) is 10.6 Å². The van der Waals surface area contributed by atoms with Crippen LogP contribution in [0.5, 0.6) is 0 Å². The van der Waals surface area contributed by atoms with Crippen LogP contribution >= 0.6 is 0 Å². The average molecular weight is 256 g/mol. The molecule has 0 aromatic rings. The van der Waals surface area contributed by atoms with Crippen molar-refractivity contribution in [2.24, 2.45) is 11.3 Å². The lowest BCUT2D eigenvalue weighted by molar-refractivity contribution is -0.144. The Balaban J connectivity index is 2.75. The highest BCUT2D eigenvalue weighted by molar-refractivity contribution is 5.88. The molecule has 0 saturated carbocycles. The summed E-state index contributed by atoms with van der Waals surface area (Å²) in [6, 6.07) is -0.765. The summed E-state index contributed by atoms with van der Waals surface area (Å²) >= 11 is 0. The Hall–Kier alpha value is -1.10. The summed E-state index contributed by atoms with van der Waals surface area (Å²) in [7, 11) is 0. The Kier molecular flexibility index (Phi) is 5.14. The summed E-state index contributed by atoms with van der Waals surface area (Å²) < 4.78 is 0. The highest BCUT2D eigenvalue weighted by Gasteiger charge is 2.44. The molecule has 1 heterocycles. The Bertz CT molecular complexity index is 309. The molecule has 104 valence electrons. The van der Waals surface area contributed by atoms with E-state index in [1.54, 1.807) is 0 Å². The predicted octanol–water partition coefficient (Wildman–Crippen LogP) is 0.992. The lowest BCUT2D eigenvalue weighted by Gasteiger charge is -2.32. The first-order valence-electron chi connectivity index (χ1n) is 6.68. The van der Waals surface area contributed by atoms with Crippen LogP contribution in [0.1, 0.15) is 40.0 Å². The minimum absolute atomic E-state index is 0.122. The molecule has 18 heavy (non-hydrogen) atoms. The number of amides is 1. The fourth-order valence-corrected chi connectivity index (χ4v) is 2.51. The average Bonchev–Trinajstić information content (AvgIpc) is 2.78. The molecule has 2 unspecified atom stereocenters. The van der Waals surface area contributed by atoms with E-state index >= 15 is 0 Å². The molecule has 0 bridgehead atoms. The second-order valence-corrected chi connectivity index (χ2v) is 5.39. The maximum Gasteiger partial charge on any atom is 0.326 e. The minimum Gasteiger partial charge on any atom is -0.480 e. The fraction of sp³-hybridized carbons (Fsp3) is 0.846. The van der Waals surface area contributed by atoms with Gasteiger partial charge in [-0.1, -0.05) is 27.2 Å². The largest absolute Gasteiger partial charge is 0.480 e. The van der Waals surface area contributed by atoms with Gasteiger partial charge in [0.2, 0.25) is 5.91 Å². The minimum atomic E-state index is -0.949. The van der Waals surface area contributed by atoms with Gasteiger partial charge in [-0.05, 0) is 25.3 Å². The van der Waals surface area contributed by atoms with Gasteiger partial charge in [0.25, 0.3) is 0 Å². The van der Waals surface area contributed by atoms with Gasteiger partial charge >= 0.3 is 5.97 Å². The number of hydrogen-bond acceptors (Lipinski definition) is 3. The van der Waals surface area contributed by atoms with Crippen LogP contribution in [-0.4, -0.2) is 36.1 Å². The zero-order chi connectivity index (χ0) is 13.8. The lowest BCUT2D eigenvalue weighted by atomic mass is 9.75. The van der Waals surface area contributed by atoms with Gasteiger partial charge in [0.1, 0.15) is 6.04 Å². The second kappa shape index (κ2) is 6.18. The van der Waals surface area contributed by atoms with Crippen molar-refractivity contribution in [1.82, 2.24) is 10.6 Å². The van der Waals surface area contributed by atoms with Gasteiger partial charge in [0, 0.05) is 6.54 Å². The van der Waals surface area contributed by atoms with Crippen molar-refractivity contribution >= 4 is 11.9 Å². The van der Waals surface area contributed by atoms with Crippen molar-refractivity contribution in [3.63, 3.8) is 0 Å². The summed E-state index contributed by atoms with van der Waals surface area (Å²) in [6.45, 7) is 7.40. The number of carbonyl (C=O) groups is 2. The molecule has 0 spiro atoms. The van der Waals surface area contributed by atoms with Gasteiger partial charge < -0.3 is 15.7 Å². The maximum atomic E-state index is 12.4. The second-order valence-electron chi connectivity index (χ2n) is 5.39. The van der Waals surface area contributed by atoms with E-state index in [1.807, 2.05) is 20.8 Å². The Labute approximate surface area is 108 Å². The van der Waals surface area contributed by atoms with Crippen molar-refractivity contribution in [3.8, 4) is 0 Å². The van der Waals surface area contributed by atoms with Crippen molar-refractivity contribution in [1.29, 1.82) is 0 Å². The Morgan fingerprint density at radius 1 is 1.44 bits per heavy atom. The van der Waals surface area contributed by atoms with Gasteiger partial charge in [0.15, 0.2) is 0 Å². The molecule has 1 saturated heterocycles. The third-order valence-corrected chi connectivity index (χ3v) is 3.93. The monoisotopic (exact) mass is 256 g/mol. The van der Waals surface area contributed by atoms with E-state index in [9.17, 15) is 9.59 Å². The fourth-order valence-electron chi connectivity index (χ4n) is 2.51. The number of carboxylic acid groups (broad SMARTS) is 1. The van der Waals surface area contributed by atoms with Crippen molar-refractivity contribution in [2.45, 2.75) is 46.1 Å². The van der Waals surface area contributed by atoms with Crippen LogP contribution in [0.3, 0.4) is 0 Å². The molecule has 3 N–H and O–H groups in total. The van der Waals surface area contributed by atoms with Crippen molar-refractivity contribution in [3.05, 3.63) is 0 Å². The molecular weight excluding hydrogens is 232 g/mol. The summed E-state index contributed by atoms with van der Waals surface area (Å²) in [5.41, 5.74) is -0.457. The first-order chi connectivity index (χ1) is 8.44. The molecule has 0 aromatic carbocycles. The zero-order valence-corrected chi connectivity index (χ0v) is 11.5. The molecule has 1 aliphatic heterocycles. The molecule has 5 heteroatoms. The topological polar surface area (TPSA) is 78.4 Å². The highest BCUT2D eigenvalue weighted by Crippen LogP contribution is 2.34. The van der Waals surface area contributed by atoms with Gasteiger partial charge in [-0.3, -0.25) is 4.79 Å². The summed E-state index contributed by atoms with van der Waals surface area (Å²) in [6.07, 6.45) is 1.99. The summed E-state index contributed by atoms with van der Waals surface area (Å²) in [4.78, 5) is 23.5. The van der Waals surface area contributed by atoms with Gasteiger partial charge in [-0.15, -0.1) is 0 Å². The van der Waals surface area contributed by atoms with Crippen LogP contribution in [0.25, 0.3) is 0 Å². The number of carbonyl (C=O) groups excluding carboxylic acids is 1. The van der Waals surface area contributed by atoms with Crippen LogP contribution < -0.4 is 10.6 Å². The number of rotatable bonds is 6. The van der Waals surface area contributed by atoms with E-state index in [-0.39, 0.29) is 11.8 Å². The number of carboxylic acids is 1. The molecule has 0 radical (unpaired) electrons. The number of hydrogen-bond donors (Lipinski definition) is 3. The van der Waals surface area contributed by atoms with Gasteiger partial charge in [0.05, 0.1) is 5.41 Å². The third kappa shape index (κ3) is 3.02. The van der Waals surface area contributed by atoms with Crippen LogP contribution in [0, 0.1) is 11.3 Å². The first kappa shape index (κ1) is 15.0. The van der Waals surface area contributed by atoms with Gasteiger partial charge in [-0.25, -0.2) is 4.79 Å². The molecule has 0 aromatic heterocycles. The van der Waals surface area contributed by atoms with Crippen LogP contribution in [0.15, 0.2) is 0 Å². The van der Waals surface area contributed by atoms with E-state index < -0.39 is 17.4 Å². The first-order valence-corrected chi connectivity index (χ1v) is 6.68. The summed E-state index contributed by atoms with van der Waals surface area (Å²) in [5, 5.41) is 15.0. The Morgan fingerprint density at radius 3 is 2.50 bits per heavy atom. The van der Waals surface area contributed by atoms with Crippen molar-refractivity contribution in [2.75, 3.05) is 13.1 Å². The van der Waals surface area contributed by atoms with E-state index in [4.69, 9.17) is 5.11 Å². The quantitative estimate of drug-likeness (QED) is 0.662. The molecule has 1 rings (SSSR count). The molecule has 1 fully saturated rings. The van der Waals surface area contributed by atoms with Crippen LogP contribution in [0.2, 0.25) is 0 Å². The number of aliphatic carboxylic acids is 1. The number of nitrogens with one attached hydrogen (secondary N) is 2.